The van der Waals surface area contributed by atoms with Crippen molar-refractivity contribution in [3.63, 3.8) is 0 Å². The average Bonchev–Trinajstić information content (AvgIpc) is 2.78. The van der Waals surface area contributed by atoms with E-state index in [9.17, 15) is 9.59 Å². The number of rotatable bonds is 6. The highest BCUT2D eigenvalue weighted by molar-refractivity contribution is 6.07. The first kappa shape index (κ1) is 18.7. The van der Waals surface area contributed by atoms with Crippen molar-refractivity contribution in [2.75, 3.05) is 6.54 Å². The lowest BCUT2D eigenvalue weighted by molar-refractivity contribution is 0.0922. The van der Waals surface area contributed by atoms with E-state index in [-0.39, 0.29) is 11.7 Å². The number of carbonyl (C=O) groups excluding carboxylic acids is 1. The third-order valence-electron chi connectivity index (χ3n) is 4.88. The van der Waals surface area contributed by atoms with E-state index in [1.54, 1.807) is 12.1 Å². The van der Waals surface area contributed by atoms with Crippen molar-refractivity contribution in [1.29, 1.82) is 0 Å². The molecule has 1 N–H and O–H groups in total. The summed E-state index contributed by atoms with van der Waals surface area (Å²) >= 11 is 0. The molecule has 4 aromatic rings. The Kier molecular flexibility index (Phi) is 5.52. The number of fused-ring (bicyclic) bond motifs is 1. The van der Waals surface area contributed by atoms with Gasteiger partial charge in [0, 0.05) is 17.5 Å². The van der Waals surface area contributed by atoms with E-state index >= 15 is 0 Å². The summed E-state index contributed by atoms with van der Waals surface area (Å²) in [7, 11) is 0. The van der Waals surface area contributed by atoms with Crippen molar-refractivity contribution in [1.82, 2.24) is 5.32 Å². The molecule has 0 spiro atoms. The number of carbonyl (C=O) groups is 1. The summed E-state index contributed by atoms with van der Waals surface area (Å²) in [5, 5.41) is 4.08. The number of hydrogen-bond acceptors (Lipinski definition) is 3. The summed E-state index contributed by atoms with van der Waals surface area (Å²) < 4.78 is 5.49. The molecule has 4 nitrogen and oxygen atoms in total. The van der Waals surface area contributed by atoms with Crippen LogP contribution in [0.1, 0.15) is 22.5 Å². The largest absolute Gasteiger partial charge is 0.416 e. The first-order chi connectivity index (χ1) is 14.2. The SMILES string of the molecule is O=C(NCCCc1ccccc1)c1oc(=O)c2ccccc2c1-c1ccccc1. The lowest BCUT2D eigenvalue weighted by Crippen LogP contribution is -2.26. The summed E-state index contributed by atoms with van der Waals surface area (Å²) in [6, 6.07) is 26.9. The van der Waals surface area contributed by atoms with E-state index in [1.807, 2.05) is 60.7 Å². The Bertz CT molecular complexity index is 1180. The van der Waals surface area contributed by atoms with Gasteiger partial charge in [0.25, 0.3) is 5.91 Å². The lowest BCUT2D eigenvalue weighted by atomic mass is 9.98. The maximum atomic E-state index is 12.9. The molecule has 0 aliphatic rings. The van der Waals surface area contributed by atoms with Gasteiger partial charge in [-0.1, -0.05) is 78.9 Å². The normalized spacial score (nSPS) is 10.8. The van der Waals surface area contributed by atoms with Crippen molar-refractivity contribution in [3.8, 4) is 11.1 Å². The van der Waals surface area contributed by atoms with Crippen molar-refractivity contribution in [2.24, 2.45) is 0 Å². The predicted molar refractivity (Wildman–Crippen MR) is 115 cm³/mol. The van der Waals surface area contributed by atoms with Gasteiger partial charge in [-0.3, -0.25) is 4.79 Å². The first-order valence-electron chi connectivity index (χ1n) is 9.67. The second-order valence-corrected chi connectivity index (χ2v) is 6.85. The van der Waals surface area contributed by atoms with Crippen LogP contribution in [0.5, 0.6) is 0 Å². The van der Waals surface area contributed by atoms with E-state index in [0.717, 1.165) is 18.4 Å². The van der Waals surface area contributed by atoms with Gasteiger partial charge < -0.3 is 9.73 Å². The van der Waals surface area contributed by atoms with Crippen molar-refractivity contribution >= 4 is 16.7 Å². The van der Waals surface area contributed by atoms with Gasteiger partial charge in [0.05, 0.1) is 5.39 Å². The summed E-state index contributed by atoms with van der Waals surface area (Å²) in [5.74, 6) is -0.320. The number of amides is 1. The maximum absolute atomic E-state index is 12.9. The highest BCUT2D eigenvalue weighted by Gasteiger charge is 2.20. The number of nitrogens with one attached hydrogen (secondary N) is 1. The molecule has 3 aromatic carbocycles. The minimum atomic E-state index is -0.505. The average molecular weight is 383 g/mol. The smallest absolute Gasteiger partial charge is 0.344 e. The van der Waals surface area contributed by atoms with Crippen molar-refractivity contribution in [2.45, 2.75) is 12.8 Å². The van der Waals surface area contributed by atoms with Crippen LogP contribution in [0.4, 0.5) is 0 Å². The van der Waals surface area contributed by atoms with Crippen LogP contribution in [-0.2, 0) is 6.42 Å². The quantitative estimate of drug-likeness (QED) is 0.486. The Balaban J connectivity index is 1.62. The zero-order chi connectivity index (χ0) is 20.1. The molecule has 4 heteroatoms. The maximum Gasteiger partial charge on any atom is 0.344 e. The van der Waals surface area contributed by atoms with E-state index in [2.05, 4.69) is 17.4 Å². The predicted octanol–water partition coefficient (Wildman–Crippen LogP) is 4.82. The van der Waals surface area contributed by atoms with Gasteiger partial charge in [0.2, 0.25) is 5.76 Å². The first-order valence-corrected chi connectivity index (χ1v) is 9.67. The van der Waals surface area contributed by atoms with Crippen molar-refractivity contribution < 1.29 is 9.21 Å². The van der Waals surface area contributed by atoms with E-state index in [1.165, 1.54) is 5.56 Å². The molecule has 0 unspecified atom stereocenters. The minimum Gasteiger partial charge on any atom is -0.416 e. The van der Waals surface area contributed by atoms with Crippen LogP contribution in [-0.4, -0.2) is 12.5 Å². The van der Waals surface area contributed by atoms with Crippen LogP contribution in [0, 0.1) is 0 Å². The lowest BCUT2D eigenvalue weighted by Gasteiger charge is -2.12. The van der Waals surface area contributed by atoms with Gasteiger partial charge in [-0.25, -0.2) is 4.79 Å². The molecular weight excluding hydrogens is 362 g/mol. The van der Waals surface area contributed by atoms with Crippen LogP contribution in [0.25, 0.3) is 21.9 Å². The molecule has 0 atom stereocenters. The van der Waals surface area contributed by atoms with Crippen LogP contribution in [0.2, 0.25) is 0 Å². The molecule has 0 saturated carbocycles. The summed E-state index contributed by atoms with van der Waals surface area (Å²) in [4.78, 5) is 25.4. The fourth-order valence-corrected chi connectivity index (χ4v) is 3.47. The fourth-order valence-electron chi connectivity index (χ4n) is 3.47. The molecule has 0 saturated heterocycles. The molecule has 0 radical (unpaired) electrons. The van der Waals surface area contributed by atoms with Crippen LogP contribution < -0.4 is 10.9 Å². The zero-order valence-electron chi connectivity index (χ0n) is 15.9. The molecule has 1 heterocycles. The zero-order valence-corrected chi connectivity index (χ0v) is 15.9. The van der Waals surface area contributed by atoms with Crippen LogP contribution in [0.15, 0.2) is 94.1 Å². The monoisotopic (exact) mass is 383 g/mol. The van der Waals surface area contributed by atoms with Gasteiger partial charge >= 0.3 is 5.63 Å². The second kappa shape index (κ2) is 8.57. The summed E-state index contributed by atoms with van der Waals surface area (Å²) in [6.07, 6.45) is 1.67. The highest BCUT2D eigenvalue weighted by Crippen LogP contribution is 2.30. The Morgan fingerprint density at radius 3 is 2.14 bits per heavy atom. The topological polar surface area (TPSA) is 59.3 Å². The van der Waals surface area contributed by atoms with Crippen LogP contribution in [0.3, 0.4) is 0 Å². The van der Waals surface area contributed by atoms with E-state index in [4.69, 9.17) is 4.42 Å². The van der Waals surface area contributed by atoms with Gasteiger partial charge in [0.15, 0.2) is 0 Å². The molecule has 0 aliphatic heterocycles. The number of hydrogen-bond donors (Lipinski definition) is 1. The van der Waals surface area contributed by atoms with Gasteiger partial charge in [-0.2, -0.15) is 0 Å². The molecule has 0 bridgehead atoms. The molecule has 144 valence electrons. The van der Waals surface area contributed by atoms with Gasteiger partial charge in [-0.05, 0) is 30.0 Å². The molecule has 1 aromatic heterocycles. The molecule has 4 rings (SSSR count). The van der Waals surface area contributed by atoms with Gasteiger partial charge in [0.1, 0.15) is 0 Å². The third kappa shape index (κ3) is 4.11. The summed E-state index contributed by atoms with van der Waals surface area (Å²) in [6.45, 7) is 0.499. The highest BCUT2D eigenvalue weighted by atomic mass is 16.4. The standard InChI is InChI=1S/C25H21NO3/c27-24(26-17-9-12-18-10-3-1-4-11-18)23-22(19-13-5-2-6-14-19)20-15-7-8-16-21(20)25(28)29-23/h1-8,10-11,13-16H,9,12,17H2,(H,26,27). The molecular formula is C25H21NO3. The summed E-state index contributed by atoms with van der Waals surface area (Å²) in [5.41, 5.74) is 2.20. The van der Waals surface area contributed by atoms with Gasteiger partial charge in [-0.15, -0.1) is 0 Å². The molecule has 1 amide bonds. The second-order valence-electron chi connectivity index (χ2n) is 6.85. The molecule has 0 aliphatic carbocycles. The van der Waals surface area contributed by atoms with E-state index < -0.39 is 5.63 Å². The Morgan fingerprint density at radius 2 is 1.41 bits per heavy atom. The molecule has 0 fully saturated rings. The van der Waals surface area contributed by atoms with Crippen molar-refractivity contribution in [3.05, 3.63) is 107 Å². The van der Waals surface area contributed by atoms with Crippen LogP contribution >= 0.6 is 0 Å². The number of benzene rings is 3. The van der Waals surface area contributed by atoms with E-state index in [0.29, 0.717) is 22.9 Å². The molecule has 29 heavy (non-hydrogen) atoms. The third-order valence-corrected chi connectivity index (χ3v) is 4.88. The Labute approximate surface area is 168 Å². The minimum absolute atomic E-state index is 0.0552. The Morgan fingerprint density at radius 1 is 0.793 bits per heavy atom. The fraction of sp³-hybridized carbons (Fsp3) is 0.120. The Hall–Kier alpha value is -3.66. The number of aryl methyl sites for hydroxylation is 1.